The highest BCUT2D eigenvalue weighted by Gasteiger charge is 2.25. The van der Waals surface area contributed by atoms with Crippen LogP contribution in [0.15, 0.2) is 24.3 Å². The van der Waals surface area contributed by atoms with Crippen molar-refractivity contribution in [2.75, 3.05) is 0 Å². The average Bonchev–Trinajstić information content (AvgIpc) is 3.43. The maximum absolute atomic E-state index is 11.1. The molecule has 0 spiro atoms. The Morgan fingerprint density at radius 2 is 1.46 bits per heavy atom. The Bertz CT molecular complexity index is 543. The molecule has 1 saturated carbocycles. The summed E-state index contributed by atoms with van der Waals surface area (Å²) in [6, 6.07) is 8.96. The van der Waals surface area contributed by atoms with Crippen molar-refractivity contribution in [3.05, 3.63) is 35.4 Å². The molecule has 0 radical (unpaired) electrons. The van der Waals surface area contributed by atoms with Gasteiger partial charge in [0.1, 0.15) is 0 Å². The molecule has 0 aliphatic heterocycles. The second-order valence-electron chi connectivity index (χ2n) is 8.91. The van der Waals surface area contributed by atoms with Gasteiger partial charge in [-0.1, -0.05) is 75.6 Å². The van der Waals surface area contributed by atoms with E-state index in [1.807, 2.05) is 13.8 Å². The summed E-state index contributed by atoms with van der Waals surface area (Å²) in [5.74, 6) is 0.395. The van der Waals surface area contributed by atoms with Crippen LogP contribution in [0.4, 0.5) is 0 Å². The number of aliphatic carboxylic acids is 1. The van der Waals surface area contributed by atoms with Gasteiger partial charge in [0.2, 0.25) is 0 Å². The van der Waals surface area contributed by atoms with Gasteiger partial charge >= 0.3 is 5.97 Å². The van der Waals surface area contributed by atoms with Crippen LogP contribution in [-0.2, 0) is 17.6 Å². The lowest BCUT2D eigenvalue weighted by Crippen LogP contribution is -2.23. The zero-order valence-corrected chi connectivity index (χ0v) is 16.9. The Labute approximate surface area is 160 Å². The minimum Gasteiger partial charge on any atom is -0.481 e. The van der Waals surface area contributed by atoms with Crippen molar-refractivity contribution in [1.29, 1.82) is 0 Å². The zero-order chi connectivity index (χ0) is 18.8. The molecular formula is C24H38O2. The second kappa shape index (κ2) is 10.7. The van der Waals surface area contributed by atoms with E-state index in [1.54, 1.807) is 5.56 Å². The summed E-state index contributed by atoms with van der Waals surface area (Å²) in [4.78, 5) is 11.1. The van der Waals surface area contributed by atoms with Crippen LogP contribution in [-0.4, -0.2) is 11.1 Å². The fraction of sp³-hybridized carbons (Fsp3) is 0.708. The summed E-state index contributed by atoms with van der Waals surface area (Å²) in [5.41, 5.74) is 2.50. The lowest BCUT2D eigenvalue weighted by molar-refractivity contribution is -0.147. The molecule has 1 aliphatic carbocycles. The summed E-state index contributed by atoms with van der Waals surface area (Å²) >= 11 is 0. The number of hydrogen-bond acceptors (Lipinski definition) is 1. The maximum Gasteiger partial charge on any atom is 0.309 e. The van der Waals surface area contributed by atoms with Crippen molar-refractivity contribution < 1.29 is 9.90 Å². The quantitative estimate of drug-likeness (QED) is 0.371. The minimum atomic E-state index is -0.677. The summed E-state index contributed by atoms with van der Waals surface area (Å²) < 4.78 is 0. The number of rotatable bonds is 14. The number of carboxylic acids is 1. The molecule has 1 fully saturated rings. The Hall–Kier alpha value is -1.31. The van der Waals surface area contributed by atoms with Gasteiger partial charge in [-0.2, -0.15) is 0 Å². The topological polar surface area (TPSA) is 37.3 Å². The average molecular weight is 359 g/mol. The van der Waals surface area contributed by atoms with Gasteiger partial charge in [0, 0.05) is 0 Å². The maximum atomic E-state index is 11.1. The van der Waals surface area contributed by atoms with Gasteiger partial charge < -0.3 is 5.11 Å². The molecule has 0 atom stereocenters. The Balaban J connectivity index is 1.60. The molecule has 1 aliphatic rings. The minimum absolute atomic E-state index is 0.577. The summed E-state index contributed by atoms with van der Waals surface area (Å²) in [6.45, 7) is 3.66. The molecule has 0 heterocycles. The molecule has 0 amide bonds. The number of unbranched alkanes of at least 4 members (excludes halogenated alkanes) is 5. The summed E-state index contributed by atoms with van der Waals surface area (Å²) in [7, 11) is 0. The highest BCUT2D eigenvalue weighted by molar-refractivity contribution is 5.73. The molecule has 0 saturated heterocycles. The molecule has 1 aromatic rings. The van der Waals surface area contributed by atoms with E-state index in [-0.39, 0.29) is 0 Å². The van der Waals surface area contributed by atoms with Crippen molar-refractivity contribution in [3.63, 3.8) is 0 Å². The third kappa shape index (κ3) is 7.93. The first kappa shape index (κ1) is 21.0. The van der Waals surface area contributed by atoms with Gasteiger partial charge in [-0.25, -0.2) is 0 Å². The molecule has 2 nitrogen and oxygen atoms in total. The summed E-state index contributed by atoms with van der Waals surface area (Å²) in [5, 5.41) is 9.16. The van der Waals surface area contributed by atoms with Gasteiger partial charge in [-0.15, -0.1) is 0 Å². The molecule has 0 aromatic heterocycles. The van der Waals surface area contributed by atoms with Crippen LogP contribution in [0.1, 0.15) is 95.6 Å². The molecule has 0 unspecified atom stereocenters. The first-order chi connectivity index (χ1) is 12.5. The van der Waals surface area contributed by atoms with Crippen LogP contribution < -0.4 is 0 Å². The zero-order valence-electron chi connectivity index (χ0n) is 16.9. The van der Waals surface area contributed by atoms with Crippen molar-refractivity contribution in [1.82, 2.24) is 0 Å². The van der Waals surface area contributed by atoms with E-state index < -0.39 is 11.4 Å². The number of aryl methyl sites for hydroxylation is 2. The van der Waals surface area contributed by atoms with Crippen LogP contribution in [0.5, 0.6) is 0 Å². The Kier molecular flexibility index (Phi) is 8.68. The highest BCUT2D eigenvalue weighted by Crippen LogP contribution is 2.34. The molecule has 0 bridgehead atoms. The van der Waals surface area contributed by atoms with E-state index in [2.05, 4.69) is 24.3 Å². The van der Waals surface area contributed by atoms with Crippen LogP contribution in [0.3, 0.4) is 0 Å². The molecule has 1 N–H and O–H groups in total. The standard InChI is InChI=1S/C24H38O2/c1-24(2,23(25)26)19-11-4-3-7-13-21-15-9-10-16-22(21)14-8-5-6-12-20-17-18-20/h9-10,15-16,20H,3-8,11-14,17-19H2,1-2H3,(H,25,26). The number of hydrogen-bond donors (Lipinski definition) is 1. The molecular weight excluding hydrogens is 320 g/mol. The van der Waals surface area contributed by atoms with Crippen molar-refractivity contribution in [3.8, 4) is 0 Å². The largest absolute Gasteiger partial charge is 0.481 e. The lowest BCUT2D eigenvalue weighted by atomic mass is 9.87. The van der Waals surface area contributed by atoms with E-state index >= 15 is 0 Å². The second-order valence-corrected chi connectivity index (χ2v) is 8.91. The van der Waals surface area contributed by atoms with E-state index in [0.29, 0.717) is 0 Å². The fourth-order valence-corrected chi connectivity index (χ4v) is 3.72. The Morgan fingerprint density at radius 3 is 2.00 bits per heavy atom. The Morgan fingerprint density at radius 1 is 0.923 bits per heavy atom. The first-order valence-corrected chi connectivity index (χ1v) is 10.8. The third-order valence-electron chi connectivity index (χ3n) is 5.95. The van der Waals surface area contributed by atoms with E-state index in [4.69, 9.17) is 5.11 Å². The van der Waals surface area contributed by atoms with Gasteiger partial charge in [0.15, 0.2) is 0 Å². The predicted molar refractivity (Wildman–Crippen MR) is 110 cm³/mol. The smallest absolute Gasteiger partial charge is 0.309 e. The van der Waals surface area contributed by atoms with Gasteiger partial charge in [-0.05, 0) is 63.0 Å². The summed E-state index contributed by atoms with van der Waals surface area (Å²) in [6.07, 6.45) is 16.3. The predicted octanol–water partition coefficient (Wildman–Crippen LogP) is 6.80. The van der Waals surface area contributed by atoms with E-state index in [0.717, 1.165) is 25.2 Å². The number of benzene rings is 1. The van der Waals surface area contributed by atoms with Crippen molar-refractivity contribution in [2.24, 2.45) is 11.3 Å². The number of carboxylic acid groups (broad SMARTS) is 1. The van der Waals surface area contributed by atoms with Crippen LogP contribution >= 0.6 is 0 Å². The highest BCUT2D eigenvalue weighted by atomic mass is 16.4. The fourth-order valence-electron chi connectivity index (χ4n) is 3.72. The van der Waals surface area contributed by atoms with Gasteiger partial charge in [-0.3, -0.25) is 4.79 Å². The first-order valence-electron chi connectivity index (χ1n) is 10.8. The lowest BCUT2D eigenvalue weighted by Gasteiger charge is -2.18. The van der Waals surface area contributed by atoms with Crippen LogP contribution in [0.25, 0.3) is 0 Å². The molecule has 26 heavy (non-hydrogen) atoms. The third-order valence-corrected chi connectivity index (χ3v) is 5.95. The van der Waals surface area contributed by atoms with Crippen LogP contribution in [0, 0.1) is 11.3 Å². The van der Waals surface area contributed by atoms with Gasteiger partial charge in [0.25, 0.3) is 0 Å². The number of carbonyl (C=O) groups is 1. The van der Waals surface area contributed by atoms with Crippen molar-refractivity contribution >= 4 is 5.97 Å². The monoisotopic (exact) mass is 358 g/mol. The molecule has 1 aromatic carbocycles. The van der Waals surface area contributed by atoms with Crippen molar-refractivity contribution in [2.45, 2.75) is 97.3 Å². The van der Waals surface area contributed by atoms with Gasteiger partial charge in [0.05, 0.1) is 5.41 Å². The van der Waals surface area contributed by atoms with E-state index in [9.17, 15) is 4.79 Å². The van der Waals surface area contributed by atoms with E-state index in [1.165, 1.54) is 69.8 Å². The molecule has 2 heteroatoms. The SMILES string of the molecule is CC(C)(CCCCCCc1ccccc1CCCCCC1CC1)C(=O)O. The van der Waals surface area contributed by atoms with Crippen LogP contribution in [0.2, 0.25) is 0 Å². The molecule has 146 valence electrons. The normalized spacial score (nSPS) is 14.5. The molecule has 2 rings (SSSR count).